The molecule has 1 rings (SSSR count). The molecule has 0 heterocycles. The van der Waals surface area contributed by atoms with E-state index in [1.54, 1.807) is 6.07 Å². The molecular formula is C12H17Cl2NO. The molecule has 0 amide bonds. The zero-order chi connectivity index (χ0) is 11.8. The monoisotopic (exact) mass is 261 g/mol. The lowest BCUT2D eigenvalue weighted by Gasteiger charge is -2.06. The molecule has 4 heteroatoms. The van der Waals surface area contributed by atoms with Crippen LogP contribution >= 0.6 is 23.2 Å². The van der Waals surface area contributed by atoms with Crippen molar-refractivity contribution in [3.05, 3.63) is 33.8 Å². The first-order chi connectivity index (χ1) is 7.74. The standard InChI is InChI=1S/C12H17Cl2NO/c13-11-5-4-10(12(14)8-11)9-16-7-3-1-2-6-15/h4-5,8H,1-3,6-7,9,15H2. The third kappa shape index (κ3) is 5.17. The molecule has 0 atom stereocenters. The molecular weight excluding hydrogens is 245 g/mol. The van der Waals surface area contributed by atoms with Crippen LogP contribution in [0.25, 0.3) is 0 Å². The van der Waals surface area contributed by atoms with Crippen molar-refractivity contribution in [3.63, 3.8) is 0 Å². The molecule has 1 aromatic carbocycles. The Morgan fingerprint density at radius 1 is 1.12 bits per heavy atom. The molecule has 0 saturated carbocycles. The van der Waals surface area contributed by atoms with Gasteiger partial charge in [0.1, 0.15) is 0 Å². The molecule has 0 fully saturated rings. The maximum Gasteiger partial charge on any atom is 0.0731 e. The van der Waals surface area contributed by atoms with Crippen molar-refractivity contribution in [2.24, 2.45) is 5.73 Å². The second kappa shape index (κ2) is 7.91. The number of halogens is 2. The van der Waals surface area contributed by atoms with E-state index in [-0.39, 0.29) is 0 Å². The summed E-state index contributed by atoms with van der Waals surface area (Å²) in [7, 11) is 0. The van der Waals surface area contributed by atoms with E-state index >= 15 is 0 Å². The number of benzene rings is 1. The SMILES string of the molecule is NCCCCCOCc1ccc(Cl)cc1Cl. The van der Waals surface area contributed by atoms with E-state index in [1.807, 2.05) is 12.1 Å². The zero-order valence-electron chi connectivity index (χ0n) is 9.22. The summed E-state index contributed by atoms with van der Waals surface area (Å²) < 4.78 is 5.52. The lowest BCUT2D eigenvalue weighted by molar-refractivity contribution is 0.117. The van der Waals surface area contributed by atoms with E-state index in [1.165, 1.54) is 0 Å². The third-order valence-corrected chi connectivity index (χ3v) is 2.85. The minimum atomic E-state index is 0.540. The highest BCUT2D eigenvalue weighted by molar-refractivity contribution is 6.35. The van der Waals surface area contributed by atoms with Crippen molar-refractivity contribution in [2.75, 3.05) is 13.2 Å². The Balaban J connectivity index is 2.21. The van der Waals surface area contributed by atoms with Gasteiger partial charge in [-0.15, -0.1) is 0 Å². The van der Waals surface area contributed by atoms with Crippen molar-refractivity contribution in [1.29, 1.82) is 0 Å². The molecule has 16 heavy (non-hydrogen) atoms. The summed E-state index contributed by atoms with van der Waals surface area (Å²) in [5.41, 5.74) is 6.37. The van der Waals surface area contributed by atoms with Crippen LogP contribution < -0.4 is 5.73 Å². The number of ether oxygens (including phenoxy) is 1. The van der Waals surface area contributed by atoms with Gasteiger partial charge in [-0.25, -0.2) is 0 Å². The van der Waals surface area contributed by atoms with E-state index in [0.717, 1.165) is 38.0 Å². The molecule has 2 nitrogen and oxygen atoms in total. The molecule has 0 spiro atoms. The molecule has 0 aliphatic heterocycles. The largest absolute Gasteiger partial charge is 0.377 e. The quantitative estimate of drug-likeness (QED) is 0.761. The lowest BCUT2D eigenvalue weighted by atomic mass is 10.2. The van der Waals surface area contributed by atoms with Gasteiger partial charge in [-0.2, -0.15) is 0 Å². The van der Waals surface area contributed by atoms with Crippen LogP contribution in [0.4, 0.5) is 0 Å². The van der Waals surface area contributed by atoms with Crippen LogP contribution in [0.3, 0.4) is 0 Å². The normalized spacial score (nSPS) is 10.7. The van der Waals surface area contributed by atoms with Crippen LogP contribution in [0, 0.1) is 0 Å². The van der Waals surface area contributed by atoms with Crippen molar-refractivity contribution in [1.82, 2.24) is 0 Å². The van der Waals surface area contributed by atoms with Gasteiger partial charge in [0.25, 0.3) is 0 Å². The minimum Gasteiger partial charge on any atom is -0.377 e. The smallest absolute Gasteiger partial charge is 0.0731 e. The molecule has 0 bridgehead atoms. The maximum atomic E-state index is 6.01. The summed E-state index contributed by atoms with van der Waals surface area (Å²) in [5, 5.41) is 1.31. The number of rotatable bonds is 7. The van der Waals surface area contributed by atoms with Crippen molar-refractivity contribution >= 4 is 23.2 Å². The van der Waals surface area contributed by atoms with Gasteiger partial charge in [-0.05, 0) is 43.5 Å². The predicted molar refractivity (Wildman–Crippen MR) is 69.0 cm³/mol. The number of unbranched alkanes of at least 4 members (excludes halogenated alkanes) is 2. The second-order valence-corrected chi connectivity index (χ2v) is 4.48. The van der Waals surface area contributed by atoms with Gasteiger partial charge >= 0.3 is 0 Å². The first kappa shape index (κ1) is 13.8. The van der Waals surface area contributed by atoms with E-state index < -0.39 is 0 Å². The highest BCUT2D eigenvalue weighted by Crippen LogP contribution is 2.21. The average Bonchev–Trinajstić information content (AvgIpc) is 2.26. The van der Waals surface area contributed by atoms with Gasteiger partial charge in [0.05, 0.1) is 6.61 Å². The lowest BCUT2D eigenvalue weighted by Crippen LogP contribution is -2.00. The molecule has 0 saturated heterocycles. The van der Waals surface area contributed by atoms with Crippen LogP contribution in [-0.4, -0.2) is 13.2 Å². The second-order valence-electron chi connectivity index (χ2n) is 3.64. The zero-order valence-corrected chi connectivity index (χ0v) is 10.7. The van der Waals surface area contributed by atoms with Gasteiger partial charge in [0.2, 0.25) is 0 Å². The van der Waals surface area contributed by atoms with Gasteiger partial charge < -0.3 is 10.5 Å². The Kier molecular flexibility index (Phi) is 6.81. The molecule has 0 aromatic heterocycles. The molecule has 90 valence electrons. The van der Waals surface area contributed by atoms with Crippen molar-refractivity contribution in [3.8, 4) is 0 Å². The van der Waals surface area contributed by atoms with Crippen LogP contribution in [0.1, 0.15) is 24.8 Å². The summed E-state index contributed by atoms with van der Waals surface area (Å²) in [6.07, 6.45) is 3.22. The van der Waals surface area contributed by atoms with E-state index in [0.29, 0.717) is 16.7 Å². The molecule has 0 unspecified atom stereocenters. The van der Waals surface area contributed by atoms with Crippen LogP contribution in [-0.2, 0) is 11.3 Å². The van der Waals surface area contributed by atoms with Gasteiger partial charge in [-0.3, -0.25) is 0 Å². The first-order valence-corrected chi connectivity index (χ1v) is 6.21. The fourth-order valence-corrected chi connectivity index (χ4v) is 1.81. The number of nitrogens with two attached hydrogens (primary N) is 1. The summed E-state index contributed by atoms with van der Waals surface area (Å²) >= 11 is 11.8. The Morgan fingerprint density at radius 2 is 1.94 bits per heavy atom. The van der Waals surface area contributed by atoms with Crippen LogP contribution in [0.15, 0.2) is 18.2 Å². The highest BCUT2D eigenvalue weighted by Gasteiger charge is 2.00. The van der Waals surface area contributed by atoms with E-state index in [2.05, 4.69) is 0 Å². The topological polar surface area (TPSA) is 35.2 Å². The Hall–Kier alpha value is -0.280. The van der Waals surface area contributed by atoms with Crippen LogP contribution in [0.5, 0.6) is 0 Å². The number of hydrogen-bond acceptors (Lipinski definition) is 2. The highest BCUT2D eigenvalue weighted by atomic mass is 35.5. The third-order valence-electron chi connectivity index (χ3n) is 2.27. The van der Waals surface area contributed by atoms with Crippen molar-refractivity contribution in [2.45, 2.75) is 25.9 Å². The summed E-state index contributed by atoms with van der Waals surface area (Å²) in [6.45, 7) is 2.04. The molecule has 0 radical (unpaired) electrons. The van der Waals surface area contributed by atoms with E-state index in [4.69, 9.17) is 33.7 Å². The number of hydrogen-bond donors (Lipinski definition) is 1. The van der Waals surface area contributed by atoms with Gasteiger partial charge in [0, 0.05) is 16.7 Å². The molecule has 1 aromatic rings. The molecule has 0 aliphatic carbocycles. The van der Waals surface area contributed by atoms with Crippen molar-refractivity contribution < 1.29 is 4.74 Å². The minimum absolute atomic E-state index is 0.540. The molecule has 0 aliphatic rings. The van der Waals surface area contributed by atoms with Gasteiger partial charge in [-0.1, -0.05) is 29.3 Å². The summed E-state index contributed by atoms with van der Waals surface area (Å²) in [6, 6.07) is 5.45. The van der Waals surface area contributed by atoms with E-state index in [9.17, 15) is 0 Å². The first-order valence-electron chi connectivity index (χ1n) is 5.46. The maximum absolute atomic E-state index is 6.01. The Morgan fingerprint density at radius 3 is 2.62 bits per heavy atom. The summed E-state index contributed by atoms with van der Waals surface area (Å²) in [4.78, 5) is 0. The summed E-state index contributed by atoms with van der Waals surface area (Å²) in [5.74, 6) is 0. The predicted octanol–water partition coefficient (Wildman–Crippen LogP) is 3.64. The molecule has 2 N–H and O–H groups in total. The van der Waals surface area contributed by atoms with Crippen LogP contribution in [0.2, 0.25) is 10.0 Å². The Labute approximate surface area is 107 Å². The van der Waals surface area contributed by atoms with Gasteiger partial charge in [0.15, 0.2) is 0 Å². The fraction of sp³-hybridized carbons (Fsp3) is 0.500. The fourth-order valence-electron chi connectivity index (χ4n) is 1.35. The Bertz CT molecular complexity index is 318. The average molecular weight is 262 g/mol.